The van der Waals surface area contributed by atoms with Gasteiger partial charge in [-0.05, 0) is 0 Å². The van der Waals surface area contributed by atoms with E-state index in [1.165, 1.54) is 0 Å². The SMILES string of the molecule is OCC1O[C@@H]2O[C@@H]3C(CO)O[C@H](O[C@@H]4C(CO)O[C@@H](O[C@@H]5C(CO)O[C@@H](O[C@@H]6C(CO)O[C@@H](O[C@@H]7C(CO)O[C@H](O[C@@H]8C(CO)O[C@H](O[C@H]1[C@H](O)C2O)C(O)[C@H]8O)C(O)[C@H]7O)C(O)[C@H]6O)C(O)[C@@H]5O)C(O)[C@H]4O)C(O)[C@H]3O. The van der Waals surface area contributed by atoms with Crippen LogP contribution < -0.4 is 0 Å². The minimum Gasteiger partial charge on any atom is -0.394 e. The topological polar surface area (TPSA) is 554 Å². The summed E-state index contributed by atoms with van der Waals surface area (Å²) in [6, 6.07) is 0. The van der Waals surface area contributed by atoms with E-state index in [0.717, 1.165) is 0 Å². The smallest absolute Gasteiger partial charge is 0.187 e. The molecule has 0 spiro atoms. The summed E-state index contributed by atoms with van der Waals surface area (Å²) in [7, 11) is 0. The van der Waals surface area contributed by atoms with Crippen LogP contribution in [0.3, 0.4) is 0 Å². The molecule has 21 fully saturated rings. The van der Waals surface area contributed by atoms with Crippen LogP contribution in [0, 0.1) is 0 Å². The molecule has 448 valence electrons. The van der Waals surface area contributed by atoms with Gasteiger partial charge in [0.05, 0.1) is 46.2 Å². The van der Waals surface area contributed by atoms with Crippen LogP contribution in [0.15, 0.2) is 0 Å². The molecule has 0 amide bonds. The number of aliphatic hydroxyl groups is 21. The Morgan fingerprint density at radius 1 is 0.156 bits per heavy atom. The van der Waals surface area contributed by atoms with E-state index < -0.39 is 261 Å². The summed E-state index contributed by atoms with van der Waals surface area (Å²) in [5, 5.41) is 230. The molecular formula is C42H70O35. The third-order valence-electron chi connectivity index (χ3n) is 14.8. The highest BCUT2D eigenvalue weighted by molar-refractivity contribution is 5.01. The summed E-state index contributed by atoms with van der Waals surface area (Å²) >= 11 is 0. The van der Waals surface area contributed by atoms with E-state index in [9.17, 15) is 107 Å². The highest BCUT2D eigenvalue weighted by Crippen LogP contribution is 2.39. The van der Waals surface area contributed by atoms with Crippen LogP contribution in [0.5, 0.6) is 0 Å². The average molecular weight is 1130 g/mol. The van der Waals surface area contributed by atoms with E-state index in [2.05, 4.69) is 0 Å². The maximum Gasteiger partial charge on any atom is 0.187 e. The Labute approximate surface area is 434 Å². The third kappa shape index (κ3) is 12.1. The van der Waals surface area contributed by atoms with Gasteiger partial charge in [0.1, 0.15) is 171 Å². The predicted molar refractivity (Wildman–Crippen MR) is 228 cm³/mol. The summed E-state index contributed by atoms with van der Waals surface area (Å²) in [4.78, 5) is 0. The van der Waals surface area contributed by atoms with Crippen molar-refractivity contribution in [2.45, 2.75) is 215 Å². The standard InChI is InChI=1S/C42H70O35/c43-1-8-29-15(50)22(57)36(64-8)72-30-9(2-44)66-38(24(59)17(30)52)74-32-11(4-46)68-40(26(61)19(32)54)76-34-13(6-48)70-42(28(63)21(34)56)77-35-14(7-49)69-41(27(62)20(35)55)75-33-12(5-47)67-39(25(60)18(33)53)73-31-10(3-45)65-37(71-29)23(58)16(31)51/h8-63H,1-7H2/t8?,9?,10?,11?,12?,13?,14?,15-,16-,17-,18-,19-,20-,21+,22?,23?,24?,25?,26?,27?,28?,29-,30-,31-,32-,33-,34-,35-,36-,37-,38-,39-,40+,41+,42+/m1/s1. The van der Waals surface area contributed by atoms with Gasteiger partial charge in [-0.3, -0.25) is 0 Å². The van der Waals surface area contributed by atoms with Crippen LogP contribution in [0.25, 0.3) is 0 Å². The average Bonchev–Trinajstić information content (AvgIpc) is 3.47. The Morgan fingerprint density at radius 3 is 0.351 bits per heavy atom. The first-order chi connectivity index (χ1) is 36.7. The van der Waals surface area contributed by atoms with Crippen molar-refractivity contribution in [3.63, 3.8) is 0 Å². The molecule has 0 radical (unpaired) electrons. The summed E-state index contributed by atoms with van der Waals surface area (Å²) in [6.07, 6.45) is -70.2. The van der Waals surface area contributed by atoms with Gasteiger partial charge in [0, 0.05) is 0 Å². The maximum atomic E-state index is 11.3. The van der Waals surface area contributed by atoms with E-state index in [1.807, 2.05) is 0 Å². The molecule has 14 bridgehead atoms. The van der Waals surface area contributed by atoms with Crippen LogP contribution in [0.2, 0.25) is 0 Å². The lowest BCUT2D eigenvalue weighted by Gasteiger charge is -2.50. The molecule has 77 heavy (non-hydrogen) atoms. The fourth-order valence-corrected chi connectivity index (χ4v) is 10.4. The Bertz CT molecular complexity index is 1470. The Balaban J connectivity index is 1.08. The number of hydrogen-bond acceptors (Lipinski definition) is 35. The summed E-state index contributed by atoms with van der Waals surface area (Å²) in [5.74, 6) is 0. The van der Waals surface area contributed by atoms with E-state index in [0.29, 0.717) is 0 Å². The van der Waals surface area contributed by atoms with Crippen LogP contribution >= 0.6 is 0 Å². The van der Waals surface area contributed by atoms with Crippen LogP contribution in [0.4, 0.5) is 0 Å². The van der Waals surface area contributed by atoms with Crippen molar-refractivity contribution in [1.29, 1.82) is 0 Å². The minimum absolute atomic E-state index is 1.05. The van der Waals surface area contributed by atoms with Gasteiger partial charge in [-0.2, -0.15) is 0 Å². The largest absolute Gasteiger partial charge is 0.394 e. The van der Waals surface area contributed by atoms with Gasteiger partial charge >= 0.3 is 0 Å². The number of hydrogen-bond donors (Lipinski definition) is 21. The second kappa shape index (κ2) is 26.0. The van der Waals surface area contributed by atoms with Crippen LogP contribution in [-0.2, 0) is 66.3 Å². The molecule has 0 aromatic rings. The van der Waals surface area contributed by atoms with E-state index >= 15 is 0 Å². The molecule has 35 heteroatoms. The maximum absolute atomic E-state index is 11.3. The Kier molecular flexibility index (Phi) is 20.8. The monoisotopic (exact) mass is 1130 g/mol. The molecule has 21 heterocycles. The number of ether oxygens (including phenoxy) is 14. The molecule has 0 aromatic heterocycles. The normalized spacial score (nSPS) is 55.4. The van der Waals surface area contributed by atoms with Crippen molar-refractivity contribution in [2.24, 2.45) is 0 Å². The van der Waals surface area contributed by atoms with Gasteiger partial charge in [-0.25, -0.2) is 0 Å². The van der Waals surface area contributed by atoms with Crippen molar-refractivity contribution in [3.8, 4) is 0 Å². The molecule has 21 rings (SSSR count). The molecule has 21 N–H and O–H groups in total. The first-order valence-electron chi connectivity index (χ1n) is 24.6. The zero-order valence-corrected chi connectivity index (χ0v) is 40.3. The lowest BCUT2D eigenvalue weighted by atomic mass is 9.95. The molecule has 21 saturated heterocycles. The quantitative estimate of drug-likeness (QED) is 0.113. The number of rotatable bonds is 7. The highest BCUT2D eigenvalue weighted by Gasteiger charge is 2.59. The van der Waals surface area contributed by atoms with Crippen molar-refractivity contribution in [3.05, 3.63) is 0 Å². The first-order valence-corrected chi connectivity index (χ1v) is 24.6. The molecule has 35 atom stereocenters. The second-order valence-corrected chi connectivity index (χ2v) is 19.7. The zero-order chi connectivity index (χ0) is 56.1. The van der Waals surface area contributed by atoms with Gasteiger partial charge in [0.15, 0.2) is 44.0 Å². The Hall–Kier alpha value is -1.40. The molecule has 14 unspecified atom stereocenters. The molecule has 0 aromatic carbocycles. The molecule has 0 aliphatic carbocycles. The van der Waals surface area contributed by atoms with E-state index in [4.69, 9.17) is 66.3 Å². The summed E-state index contributed by atoms with van der Waals surface area (Å²) < 4.78 is 79.5. The van der Waals surface area contributed by atoms with Gasteiger partial charge in [0.25, 0.3) is 0 Å². The van der Waals surface area contributed by atoms with Gasteiger partial charge in [0.2, 0.25) is 0 Å². The van der Waals surface area contributed by atoms with Gasteiger partial charge < -0.3 is 174 Å². The van der Waals surface area contributed by atoms with Crippen LogP contribution in [0.1, 0.15) is 0 Å². The fourth-order valence-electron chi connectivity index (χ4n) is 10.4. The summed E-state index contributed by atoms with van der Waals surface area (Å²) in [5.41, 5.74) is 0. The van der Waals surface area contributed by atoms with Crippen molar-refractivity contribution < 1.29 is 174 Å². The van der Waals surface area contributed by atoms with Crippen molar-refractivity contribution >= 4 is 0 Å². The van der Waals surface area contributed by atoms with Crippen molar-refractivity contribution in [1.82, 2.24) is 0 Å². The van der Waals surface area contributed by atoms with E-state index in [-0.39, 0.29) is 0 Å². The third-order valence-corrected chi connectivity index (χ3v) is 14.8. The molecule has 21 aliphatic heterocycles. The minimum atomic E-state index is -2.21. The Morgan fingerprint density at radius 2 is 0.260 bits per heavy atom. The lowest BCUT2D eigenvalue weighted by Crippen LogP contribution is -2.68. The van der Waals surface area contributed by atoms with Gasteiger partial charge in [-0.15, -0.1) is 0 Å². The fraction of sp³-hybridized carbons (Fsp3) is 1.00. The predicted octanol–water partition coefficient (Wildman–Crippen LogP) is -15.2. The molecule has 21 aliphatic rings. The lowest BCUT2D eigenvalue weighted by molar-refractivity contribution is -0.396. The van der Waals surface area contributed by atoms with Gasteiger partial charge in [-0.1, -0.05) is 0 Å². The first kappa shape index (κ1) is 61.7. The van der Waals surface area contributed by atoms with Crippen LogP contribution in [-0.4, -0.2) is 368 Å². The zero-order valence-electron chi connectivity index (χ0n) is 40.3. The highest BCUT2D eigenvalue weighted by atomic mass is 16.8. The summed E-state index contributed by atoms with van der Waals surface area (Å²) in [6.45, 7) is -7.33. The molecule has 0 saturated carbocycles. The van der Waals surface area contributed by atoms with Crippen molar-refractivity contribution in [2.75, 3.05) is 46.2 Å². The molecular weight excluding hydrogens is 1060 g/mol. The molecule has 35 nitrogen and oxygen atoms in total. The number of aliphatic hydroxyl groups excluding tert-OH is 21. The van der Waals surface area contributed by atoms with E-state index in [1.54, 1.807) is 0 Å². The second-order valence-electron chi connectivity index (χ2n) is 19.7.